The molecular weight excluding hydrogens is 308 g/mol. The van der Waals surface area contributed by atoms with Crippen LogP contribution in [0.5, 0.6) is 11.5 Å². The van der Waals surface area contributed by atoms with Crippen molar-refractivity contribution in [2.45, 2.75) is 31.8 Å². The summed E-state index contributed by atoms with van der Waals surface area (Å²) in [4.78, 5) is 0. The maximum absolute atomic E-state index is 5.94. The van der Waals surface area contributed by atoms with Gasteiger partial charge in [0.25, 0.3) is 0 Å². The lowest BCUT2D eigenvalue weighted by atomic mass is 9.79. The molecule has 0 aliphatic carbocycles. The summed E-state index contributed by atoms with van der Waals surface area (Å²) in [7, 11) is 3.34. The van der Waals surface area contributed by atoms with Crippen LogP contribution < -0.4 is 9.47 Å². The molecule has 1 aromatic rings. The van der Waals surface area contributed by atoms with Gasteiger partial charge >= 0.3 is 0 Å². The number of hydrogen-bond acceptors (Lipinski definition) is 3. The fraction of sp³-hybridized carbons (Fsp3) is 0.600. The van der Waals surface area contributed by atoms with Crippen LogP contribution in [-0.4, -0.2) is 26.2 Å². The molecule has 0 radical (unpaired) electrons. The maximum atomic E-state index is 5.94. The third-order valence-corrected chi connectivity index (χ3v) is 4.41. The zero-order valence-electron chi connectivity index (χ0n) is 12.0. The van der Waals surface area contributed by atoms with E-state index in [0.29, 0.717) is 0 Å². The fourth-order valence-electron chi connectivity index (χ4n) is 2.56. The van der Waals surface area contributed by atoms with Crippen LogP contribution in [0.1, 0.15) is 37.5 Å². The monoisotopic (exact) mass is 328 g/mol. The molecule has 0 N–H and O–H groups in total. The molecule has 0 saturated heterocycles. The first-order chi connectivity index (χ1) is 9.03. The number of rotatable bonds is 3. The highest BCUT2D eigenvalue weighted by Gasteiger charge is 2.32. The zero-order valence-corrected chi connectivity index (χ0v) is 13.5. The van der Waals surface area contributed by atoms with E-state index < -0.39 is 0 Å². The van der Waals surface area contributed by atoms with Crippen molar-refractivity contribution >= 4 is 15.9 Å². The summed E-state index contributed by atoms with van der Waals surface area (Å²) in [6.45, 7) is 5.26. The first-order valence-electron chi connectivity index (χ1n) is 6.47. The molecule has 0 fully saturated rings. The minimum atomic E-state index is 0.0663. The molecule has 1 heterocycles. The van der Waals surface area contributed by atoms with E-state index in [1.165, 1.54) is 11.1 Å². The van der Waals surface area contributed by atoms with Crippen LogP contribution in [0, 0.1) is 0 Å². The highest BCUT2D eigenvalue weighted by molar-refractivity contribution is 9.09. The van der Waals surface area contributed by atoms with Crippen molar-refractivity contribution < 1.29 is 14.2 Å². The van der Waals surface area contributed by atoms with Crippen LogP contribution >= 0.6 is 15.9 Å². The zero-order chi connectivity index (χ0) is 14.0. The molecule has 1 aliphatic heterocycles. The maximum Gasteiger partial charge on any atom is 0.161 e. The normalized spacial score (nSPS) is 21.4. The Labute approximate surface area is 123 Å². The number of fused-ring (bicyclic) bond motifs is 1. The molecule has 0 amide bonds. The first-order valence-corrected chi connectivity index (χ1v) is 7.59. The van der Waals surface area contributed by atoms with Crippen LogP contribution in [0.15, 0.2) is 12.1 Å². The molecule has 19 heavy (non-hydrogen) atoms. The first kappa shape index (κ1) is 14.7. The predicted octanol–water partition coefficient (Wildman–Crippen LogP) is 3.84. The Hall–Kier alpha value is -0.740. The summed E-state index contributed by atoms with van der Waals surface area (Å²) in [5.41, 5.74) is 2.55. The standard InChI is InChI=1S/C15H21BrO3/c1-15(2)5-6-19-14(9-16)10-7-12(17-3)13(18-4)8-11(10)15/h7-8,14H,5-6,9H2,1-4H3. The van der Waals surface area contributed by atoms with Crippen molar-refractivity contribution in [2.75, 3.05) is 26.2 Å². The molecule has 2 rings (SSSR count). The second-order valence-corrected chi connectivity index (χ2v) is 6.09. The molecule has 1 unspecified atom stereocenters. The fourth-order valence-corrected chi connectivity index (χ4v) is 3.09. The number of alkyl halides is 1. The topological polar surface area (TPSA) is 27.7 Å². The Morgan fingerprint density at radius 3 is 2.47 bits per heavy atom. The average Bonchev–Trinajstić information content (AvgIpc) is 2.53. The molecule has 106 valence electrons. The molecule has 0 aromatic heterocycles. The van der Waals surface area contributed by atoms with E-state index in [1.807, 2.05) is 6.07 Å². The van der Waals surface area contributed by atoms with Crippen molar-refractivity contribution in [3.05, 3.63) is 23.3 Å². The number of benzene rings is 1. The van der Waals surface area contributed by atoms with Crippen LogP contribution in [0.25, 0.3) is 0 Å². The molecule has 1 atom stereocenters. The molecule has 0 saturated carbocycles. The third-order valence-electron chi connectivity index (χ3n) is 3.82. The minimum absolute atomic E-state index is 0.0663. The summed E-state index contributed by atoms with van der Waals surface area (Å²) in [5.74, 6) is 1.54. The third kappa shape index (κ3) is 2.75. The van der Waals surface area contributed by atoms with Gasteiger partial charge < -0.3 is 14.2 Å². The summed E-state index contributed by atoms with van der Waals surface area (Å²) < 4.78 is 16.8. The SMILES string of the molecule is COc1cc2c(cc1OC)C(C)(C)CCOC2CBr. The second kappa shape index (κ2) is 5.71. The lowest BCUT2D eigenvalue weighted by Crippen LogP contribution is -2.19. The Morgan fingerprint density at radius 1 is 1.26 bits per heavy atom. The average molecular weight is 329 g/mol. The van der Waals surface area contributed by atoms with Gasteiger partial charge in [-0.25, -0.2) is 0 Å². The van der Waals surface area contributed by atoms with E-state index in [1.54, 1.807) is 14.2 Å². The van der Waals surface area contributed by atoms with Crippen molar-refractivity contribution in [2.24, 2.45) is 0 Å². The largest absolute Gasteiger partial charge is 0.493 e. The van der Waals surface area contributed by atoms with Crippen molar-refractivity contribution in [1.82, 2.24) is 0 Å². The molecular formula is C15H21BrO3. The van der Waals surface area contributed by atoms with Gasteiger partial charge in [-0.15, -0.1) is 0 Å². The van der Waals surface area contributed by atoms with Gasteiger partial charge in [-0.3, -0.25) is 0 Å². The molecule has 3 nitrogen and oxygen atoms in total. The van der Waals surface area contributed by atoms with Crippen LogP contribution in [-0.2, 0) is 10.2 Å². The van der Waals surface area contributed by atoms with Crippen LogP contribution in [0.4, 0.5) is 0 Å². The quantitative estimate of drug-likeness (QED) is 0.789. The highest BCUT2D eigenvalue weighted by atomic mass is 79.9. The van der Waals surface area contributed by atoms with Gasteiger partial charge in [0.15, 0.2) is 11.5 Å². The van der Waals surface area contributed by atoms with Crippen molar-refractivity contribution in [1.29, 1.82) is 0 Å². The lowest BCUT2D eigenvalue weighted by molar-refractivity contribution is 0.0682. The van der Waals surface area contributed by atoms with Gasteiger partial charge in [0, 0.05) is 11.9 Å². The number of halogens is 1. The summed E-state index contributed by atoms with van der Waals surface area (Å²) in [6, 6.07) is 4.14. The van der Waals surface area contributed by atoms with E-state index in [0.717, 1.165) is 29.9 Å². The molecule has 0 bridgehead atoms. The van der Waals surface area contributed by atoms with Crippen molar-refractivity contribution in [3.8, 4) is 11.5 Å². The number of ether oxygens (including phenoxy) is 3. The van der Waals surface area contributed by atoms with Gasteiger partial charge in [-0.2, -0.15) is 0 Å². The summed E-state index contributed by atoms with van der Waals surface area (Å²) >= 11 is 3.54. The second-order valence-electron chi connectivity index (χ2n) is 5.44. The smallest absolute Gasteiger partial charge is 0.161 e. The van der Waals surface area contributed by atoms with Crippen LogP contribution in [0.2, 0.25) is 0 Å². The van der Waals surface area contributed by atoms with E-state index in [-0.39, 0.29) is 11.5 Å². The lowest BCUT2D eigenvalue weighted by Gasteiger charge is -2.26. The van der Waals surface area contributed by atoms with E-state index >= 15 is 0 Å². The predicted molar refractivity (Wildman–Crippen MR) is 79.7 cm³/mol. The highest BCUT2D eigenvalue weighted by Crippen LogP contribution is 2.43. The van der Waals surface area contributed by atoms with Gasteiger partial charge in [0.2, 0.25) is 0 Å². The number of methoxy groups -OCH3 is 2. The summed E-state index contributed by atoms with van der Waals surface area (Å²) in [6.07, 6.45) is 1.07. The van der Waals surface area contributed by atoms with E-state index in [4.69, 9.17) is 14.2 Å². The Bertz CT molecular complexity index is 457. The van der Waals surface area contributed by atoms with Gasteiger partial charge in [-0.05, 0) is 35.1 Å². The molecule has 1 aliphatic rings. The van der Waals surface area contributed by atoms with Gasteiger partial charge in [-0.1, -0.05) is 29.8 Å². The summed E-state index contributed by atoms with van der Waals surface area (Å²) in [5, 5.41) is 0.783. The van der Waals surface area contributed by atoms with Gasteiger partial charge in [0.05, 0.1) is 20.3 Å². The minimum Gasteiger partial charge on any atom is -0.493 e. The molecule has 1 aromatic carbocycles. The van der Waals surface area contributed by atoms with Crippen LogP contribution in [0.3, 0.4) is 0 Å². The van der Waals surface area contributed by atoms with Crippen molar-refractivity contribution in [3.63, 3.8) is 0 Å². The molecule has 0 spiro atoms. The Morgan fingerprint density at radius 2 is 1.89 bits per heavy atom. The number of hydrogen-bond donors (Lipinski definition) is 0. The van der Waals surface area contributed by atoms with Gasteiger partial charge in [0.1, 0.15) is 0 Å². The van der Waals surface area contributed by atoms with E-state index in [2.05, 4.69) is 35.8 Å². The Kier molecular flexibility index (Phi) is 4.41. The molecule has 4 heteroatoms. The van der Waals surface area contributed by atoms with E-state index in [9.17, 15) is 0 Å². The Balaban J connectivity index is 2.62.